The van der Waals surface area contributed by atoms with Gasteiger partial charge in [-0.25, -0.2) is 13.8 Å². The van der Waals surface area contributed by atoms with E-state index >= 15 is 0 Å². The number of halogens is 2. The Morgan fingerprint density at radius 3 is 2.45 bits per heavy atom. The molecule has 0 saturated heterocycles. The van der Waals surface area contributed by atoms with Crippen LogP contribution in [-0.4, -0.2) is 4.98 Å². The average Bonchev–Trinajstić information content (AvgIpc) is 2.67. The van der Waals surface area contributed by atoms with E-state index in [0.29, 0.717) is 11.4 Å². The molecule has 3 rings (SSSR count). The number of nitrogens with zero attached hydrogens (tertiary/aromatic N) is 1. The highest BCUT2D eigenvalue weighted by Gasteiger charge is 2.20. The van der Waals surface area contributed by atoms with E-state index < -0.39 is 17.7 Å². The molecule has 0 amide bonds. The van der Waals surface area contributed by atoms with E-state index in [9.17, 15) is 8.78 Å². The van der Waals surface area contributed by atoms with Gasteiger partial charge in [0.25, 0.3) is 0 Å². The van der Waals surface area contributed by atoms with Crippen molar-refractivity contribution >= 4 is 11.9 Å². The first kappa shape index (κ1) is 20.5. The second-order valence-corrected chi connectivity index (χ2v) is 7.13. The molecule has 2 nitrogen and oxygen atoms in total. The monoisotopic (exact) mass is 390 g/mol. The van der Waals surface area contributed by atoms with Crippen LogP contribution in [0.3, 0.4) is 0 Å². The minimum absolute atomic E-state index is 0.363. The number of aryl methyl sites for hydroxylation is 3. The molecule has 0 fully saturated rings. The Balaban J connectivity index is 2.08. The summed E-state index contributed by atoms with van der Waals surface area (Å²) >= 11 is 0. The van der Waals surface area contributed by atoms with Gasteiger partial charge in [0.2, 0.25) is 0 Å². The minimum atomic E-state index is -0.601. The van der Waals surface area contributed by atoms with Crippen molar-refractivity contribution in [3.63, 3.8) is 0 Å². The molecule has 4 heteroatoms. The van der Waals surface area contributed by atoms with Crippen LogP contribution in [0.15, 0.2) is 67.4 Å². The van der Waals surface area contributed by atoms with Gasteiger partial charge in [0.15, 0.2) is 0 Å². The van der Waals surface area contributed by atoms with Crippen LogP contribution in [0.2, 0.25) is 0 Å². The molecule has 148 valence electrons. The molecule has 0 aliphatic carbocycles. The number of hydrogen-bond donors (Lipinski definition) is 1. The van der Waals surface area contributed by atoms with Crippen LogP contribution < -0.4 is 5.32 Å². The highest BCUT2D eigenvalue weighted by Crippen LogP contribution is 2.31. The van der Waals surface area contributed by atoms with Crippen molar-refractivity contribution in [1.82, 2.24) is 4.98 Å². The lowest BCUT2D eigenvalue weighted by Gasteiger charge is -2.23. The quantitative estimate of drug-likeness (QED) is 0.475. The van der Waals surface area contributed by atoms with Crippen molar-refractivity contribution in [2.45, 2.75) is 26.8 Å². The van der Waals surface area contributed by atoms with Gasteiger partial charge in [-0.1, -0.05) is 55.1 Å². The van der Waals surface area contributed by atoms with Crippen LogP contribution in [0.4, 0.5) is 14.6 Å². The summed E-state index contributed by atoms with van der Waals surface area (Å²) in [5.74, 6) is -0.533. The van der Waals surface area contributed by atoms with Crippen molar-refractivity contribution < 1.29 is 8.78 Å². The van der Waals surface area contributed by atoms with Crippen LogP contribution in [-0.2, 0) is 0 Å². The van der Waals surface area contributed by atoms with Gasteiger partial charge in [-0.05, 0) is 54.7 Å². The molecule has 1 heterocycles. The molecule has 29 heavy (non-hydrogen) atoms. The smallest absolute Gasteiger partial charge is 0.131 e. The zero-order chi connectivity index (χ0) is 21.0. The molecule has 0 aliphatic heterocycles. The standard InChI is InChI=1S/C25H24F2N2/c1-5-6-7-19-8-9-20(13-17(19)3)24(22-11-10-21(26)14-23(22)27)29-25-18(4)12-16(2)15-28-25/h5-15,24H,1H2,2-4H3,(H,28,29)/b7-6-. The number of allylic oxidation sites excluding steroid dienone is 2. The number of nitrogens with one attached hydrogen (secondary N) is 1. The summed E-state index contributed by atoms with van der Waals surface area (Å²) in [5, 5.41) is 3.35. The van der Waals surface area contributed by atoms with Gasteiger partial charge in [-0.2, -0.15) is 0 Å². The molecular formula is C25H24F2N2. The van der Waals surface area contributed by atoms with E-state index in [4.69, 9.17) is 0 Å². The van der Waals surface area contributed by atoms with Crippen molar-refractivity contribution in [1.29, 1.82) is 0 Å². The number of benzene rings is 2. The number of pyridine rings is 1. The molecule has 0 aliphatic rings. The normalized spacial score (nSPS) is 12.2. The summed E-state index contributed by atoms with van der Waals surface area (Å²) in [7, 11) is 0. The van der Waals surface area contributed by atoms with Gasteiger partial charge in [0.1, 0.15) is 17.5 Å². The Morgan fingerprint density at radius 2 is 1.79 bits per heavy atom. The number of anilines is 1. The van der Waals surface area contributed by atoms with Crippen molar-refractivity contribution in [2.75, 3.05) is 5.32 Å². The largest absolute Gasteiger partial charge is 0.359 e. The van der Waals surface area contributed by atoms with Gasteiger partial charge in [-0.3, -0.25) is 0 Å². The second-order valence-electron chi connectivity index (χ2n) is 7.13. The third-order valence-corrected chi connectivity index (χ3v) is 4.81. The molecule has 1 N–H and O–H groups in total. The highest BCUT2D eigenvalue weighted by atomic mass is 19.1. The maximum atomic E-state index is 14.7. The van der Waals surface area contributed by atoms with E-state index in [-0.39, 0.29) is 0 Å². The Morgan fingerprint density at radius 1 is 1.00 bits per heavy atom. The third-order valence-electron chi connectivity index (χ3n) is 4.81. The van der Waals surface area contributed by atoms with Crippen molar-refractivity contribution in [3.05, 3.63) is 112 Å². The molecule has 0 saturated carbocycles. The zero-order valence-corrected chi connectivity index (χ0v) is 16.8. The topological polar surface area (TPSA) is 24.9 Å². The first-order valence-corrected chi connectivity index (χ1v) is 9.43. The fourth-order valence-electron chi connectivity index (χ4n) is 3.32. The lowest BCUT2D eigenvalue weighted by Crippen LogP contribution is -2.16. The predicted octanol–water partition coefficient (Wildman–Crippen LogP) is 6.69. The molecule has 1 aromatic heterocycles. The van der Waals surface area contributed by atoms with E-state index in [2.05, 4.69) is 16.9 Å². The van der Waals surface area contributed by atoms with Crippen LogP contribution in [0.25, 0.3) is 6.08 Å². The first-order valence-electron chi connectivity index (χ1n) is 9.43. The summed E-state index contributed by atoms with van der Waals surface area (Å²) in [6.07, 6.45) is 7.33. The Bertz CT molecular complexity index is 1070. The summed E-state index contributed by atoms with van der Waals surface area (Å²) in [4.78, 5) is 4.47. The van der Waals surface area contributed by atoms with Gasteiger partial charge >= 0.3 is 0 Å². The van der Waals surface area contributed by atoms with Gasteiger partial charge in [0.05, 0.1) is 6.04 Å². The van der Waals surface area contributed by atoms with Gasteiger partial charge in [-0.15, -0.1) is 0 Å². The zero-order valence-electron chi connectivity index (χ0n) is 16.8. The lowest BCUT2D eigenvalue weighted by atomic mass is 9.94. The maximum absolute atomic E-state index is 14.7. The fourth-order valence-corrected chi connectivity index (χ4v) is 3.32. The van der Waals surface area contributed by atoms with E-state index in [1.165, 1.54) is 12.1 Å². The summed E-state index contributed by atoms with van der Waals surface area (Å²) in [5.41, 5.74) is 5.33. The summed E-state index contributed by atoms with van der Waals surface area (Å²) < 4.78 is 28.2. The van der Waals surface area contributed by atoms with E-state index in [1.807, 2.05) is 57.2 Å². The molecule has 2 aromatic carbocycles. The van der Waals surface area contributed by atoms with Crippen molar-refractivity contribution in [2.24, 2.45) is 0 Å². The maximum Gasteiger partial charge on any atom is 0.131 e. The van der Waals surface area contributed by atoms with Gasteiger partial charge in [0, 0.05) is 17.8 Å². The van der Waals surface area contributed by atoms with E-state index in [0.717, 1.165) is 33.9 Å². The molecule has 0 bridgehead atoms. The summed E-state index contributed by atoms with van der Waals surface area (Å²) in [6.45, 7) is 9.62. The Kier molecular flexibility index (Phi) is 6.23. The molecule has 0 spiro atoms. The number of hydrogen-bond acceptors (Lipinski definition) is 2. The second kappa shape index (κ2) is 8.82. The molecule has 0 radical (unpaired) electrons. The third kappa shape index (κ3) is 4.77. The molecule has 1 atom stereocenters. The average molecular weight is 390 g/mol. The number of aromatic nitrogens is 1. The molecule has 3 aromatic rings. The van der Waals surface area contributed by atoms with Crippen LogP contribution in [0.1, 0.15) is 39.4 Å². The number of rotatable bonds is 6. The summed E-state index contributed by atoms with van der Waals surface area (Å²) in [6, 6.07) is 11.1. The lowest BCUT2D eigenvalue weighted by molar-refractivity contribution is 0.568. The van der Waals surface area contributed by atoms with Crippen LogP contribution in [0.5, 0.6) is 0 Å². The SMILES string of the molecule is C=C/C=C\c1ccc(C(Nc2ncc(C)cc2C)c2ccc(F)cc2F)cc1C. The Labute approximate surface area is 170 Å². The van der Waals surface area contributed by atoms with E-state index in [1.54, 1.807) is 12.3 Å². The predicted molar refractivity (Wildman–Crippen MR) is 116 cm³/mol. The van der Waals surface area contributed by atoms with Crippen molar-refractivity contribution in [3.8, 4) is 0 Å². The molecular weight excluding hydrogens is 366 g/mol. The Hall–Kier alpha value is -3.27. The van der Waals surface area contributed by atoms with Crippen LogP contribution in [0, 0.1) is 32.4 Å². The first-order chi connectivity index (χ1) is 13.9. The van der Waals surface area contributed by atoms with Gasteiger partial charge < -0.3 is 5.32 Å². The van der Waals surface area contributed by atoms with Crippen LogP contribution >= 0.6 is 0 Å². The molecule has 1 unspecified atom stereocenters. The highest BCUT2D eigenvalue weighted by molar-refractivity contribution is 5.57. The fraction of sp³-hybridized carbons (Fsp3) is 0.160. The minimum Gasteiger partial charge on any atom is -0.359 e.